The molecule has 0 saturated carbocycles. The monoisotopic (exact) mass is 378 g/mol. The Morgan fingerprint density at radius 3 is 2.39 bits per heavy atom. The molecule has 0 atom stereocenters. The first-order valence-corrected chi connectivity index (χ1v) is 8.49. The number of nitro benzene ring substituents is 1. The van der Waals surface area contributed by atoms with Crippen LogP contribution in [-0.4, -0.2) is 27.7 Å². The summed E-state index contributed by atoms with van der Waals surface area (Å²) in [6, 6.07) is 14.5. The molecule has 0 saturated heterocycles. The van der Waals surface area contributed by atoms with Crippen LogP contribution < -0.4 is 10.3 Å². The Morgan fingerprint density at radius 1 is 1.11 bits per heavy atom. The lowest BCUT2D eigenvalue weighted by molar-refractivity contribution is -0.384. The van der Waals surface area contributed by atoms with E-state index in [1.165, 1.54) is 33.8 Å². The molecule has 0 aliphatic carbocycles. The maximum Gasteiger partial charge on any atom is 0.294 e. The molecule has 0 bridgehead atoms. The van der Waals surface area contributed by atoms with E-state index in [2.05, 4.69) is 5.10 Å². The van der Waals surface area contributed by atoms with Crippen molar-refractivity contribution in [3.63, 3.8) is 0 Å². The molecule has 0 aliphatic heterocycles. The molecular formula is C20H18N4O4. The van der Waals surface area contributed by atoms with Gasteiger partial charge in [-0.05, 0) is 32.0 Å². The van der Waals surface area contributed by atoms with Gasteiger partial charge < -0.3 is 4.90 Å². The van der Waals surface area contributed by atoms with Gasteiger partial charge in [0.2, 0.25) is 5.43 Å². The number of nitrogens with zero attached hydrogens (tertiary/aromatic N) is 4. The zero-order chi connectivity index (χ0) is 20.4. The van der Waals surface area contributed by atoms with E-state index in [1.807, 2.05) is 19.1 Å². The predicted octanol–water partition coefficient (Wildman–Crippen LogP) is 3.03. The van der Waals surface area contributed by atoms with Crippen LogP contribution in [0.25, 0.3) is 5.69 Å². The number of rotatable bonds is 4. The number of aryl methyl sites for hydroxylation is 2. The Hall–Kier alpha value is -3.81. The average Bonchev–Trinajstić information content (AvgIpc) is 2.67. The Kier molecular flexibility index (Phi) is 5.04. The highest BCUT2D eigenvalue weighted by atomic mass is 16.6. The second-order valence-electron chi connectivity index (χ2n) is 6.36. The van der Waals surface area contributed by atoms with Crippen LogP contribution in [0.1, 0.15) is 21.7 Å². The fourth-order valence-electron chi connectivity index (χ4n) is 2.78. The molecule has 0 N–H and O–H groups in total. The van der Waals surface area contributed by atoms with Gasteiger partial charge in [-0.1, -0.05) is 29.8 Å². The first kappa shape index (κ1) is 19.0. The Labute approximate surface area is 160 Å². The fourth-order valence-corrected chi connectivity index (χ4v) is 2.78. The number of amides is 1. The van der Waals surface area contributed by atoms with E-state index in [9.17, 15) is 19.7 Å². The van der Waals surface area contributed by atoms with Gasteiger partial charge in [-0.2, -0.15) is 5.10 Å². The van der Waals surface area contributed by atoms with Gasteiger partial charge in [-0.25, -0.2) is 4.68 Å². The third kappa shape index (κ3) is 3.52. The number of nitro groups is 1. The number of benzene rings is 2. The summed E-state index contributed by atoms with van der Waals surface area (Å²) in [7, 11) is 1.54. The van der Waals surface area contributed by atoms with Crippen molar-refractivity contribution in [3.8, 4) is 5.69 Å². The van der Waals surface area contributed by atoms with Gasteiger partial charge in [0.05, 0.1) is 4.92 Å². The van der Waals surface area contributed by atoms with Gasteiger partial charge in [-0.3, -0.25) is 19.7 Å². The Balaban J connectivity index is 2.10. The van der Waals surface area contributed by atoms with Gasteiger partial charge >= 0.3 is 0 Å². The average molecular weight is 378 g/mol. The van der Waals surface area contributed by atoms with Crippen LogP contribution in [0.5, 0.6) is 0 Å². The topological polar surface area (TPSA) is 98.3 Å². The fraction of sp³-hybridized carbons (Fsp3) is 0.150. The smallest absolute Gasteiger partial charge is 0.294 e. The van der Waals surface area contributed by atoms with Crippen LogP contribution in [0.15, 0.2) is 59.4 Å². The van der Waals surface area contributed by atoms with E-state index in [0.29, 0.717) is 11.4 Å². The summed E-state index contributed by atoms with van der Waals surface area (Å²) < 4.78 is 1.25. The van der Waals surface area contributed by atoms with Crippen LogP contribution in [0.2, 0.25) is 0 Å². The lowest BCUT2D eigenvalue weighted by Gasteiger charge is -2.18. The normalized spacial score (nSPS) is 10.5. The molecule has 0 radical (unpaired) electrons. The standard InChI is InChI=1S/C20H18N4O4/c1-13-8-10-15(11-9-13)22(3)20(26)19-18(25)12-14(2)23(21-19)16-6-4-5-7-17(16)24(27)28/h4-12H,1-3H3. The highest BCUT2D eigenvalue weighted by Gasteiger charge is 2.22. The first-order chi connectivity index (χ1) is 13.3. The van der Waals surface area contributed by atoms with Gasteiger partial charge in [-0.15, -0.1) is 0 Å². The van der Waals surface area contributed by atoms with Crippen LogP contribution in [0, 0.1) is 24.0 Å². The van der Waals surface area contributed by atoms with Crippen molar-refractivity contribution < 1.29 is 9.72 Å². The minimum absolute atomic E-state index is 0.174. The molecule has 3 rings (SSSR count). The van der Waals surface area contributed by atoms with Crippen molar-refractivity contribution in [2.24, 2.45) is 0 Å². The van der Waals surface area contributed by atoms with Crippen molar-refractivity contribution in [1.29, 1.82) is 0 Å². The number of carbonyl (C=O) groups excluding carboxylic acids is 1. The van der Waals surface area contributed by atoms with Gasteiger partial charge in [0, 0.05) is 30.6 Å². The molecule has 1 heterocycles. The molecule has 1 amide bonds. The van der Waals surface area contributed by atoms with E-state index in [1.54, 1.807) is 32.2 Å². The third-order valence-corrected chi connectivity index (χ3v) is 4.34. The minimum atomic E-state index is -0.596. The molecule has 28 heavy (non-hydrogen) atoms. The number of aromatic nitrogens is 2. The van der Waals surface area contributed by atoms with Crippen molar-refractivity contribution >= 4 is 17.3 Å². The summed E-state index contributed by atoms with van der Waals surface area (Å²) in [5, 5.41) is 15.5. The Morgan fingerprint density at radius 2 is 1.75 bits per heavy atom. The van der Waals surface area contributed by atoms with Crippen molar-refractivity contribution in [2.45, 2.75) is 13.8 Å². The largest absolute Gasteiger partial charge is 0.310 e. The van der Waals surface area contributed by atoms with Crippen molar-refractivity contribution in [2.75, 3.05) is 11.9 Å². The molecular weight excluding hydrogens is 360 g/mol. The highest BCUT2D eigenvalue weighted by Crippen LogP contribution is 2.22. The van der Waals surface area contributed by atoms with Crippen LogP contribution in [0.3, 0.4) is 0 Å². The van der Waals surface area contributed by atoms with Gasteiger partial charge in [0.1, 0.15) is 5.69 Å². The van der Waals surface area contributed by atoms with Crippen molar-refractivity contribution in [3.05, 3.63) is 91.9 Å². The molecule has 0 fully saturated rings. The van der Waals surface area contributed by atoms with Gasteiger partial charge in [0.25, 0.3) is 11.6 Å². The highest BCUT2D eigenvalue weighted by molar-refractivity contribution is 6.04. The van der Waals surface area contributed by atoms with E-state index < -0.39 is 16.3 Å². The molecule has 0 spiro atoms. The predicted molar refractivity (Wildman–Crippen MR) is 105 cm³/mol. The maximum absolute atomic E-state index is 12.9. The lowest BCUT2D eigenvalue weighted by atomic mass is 10.2. The Bertz CT molecular complexity index is 1120. The summed E-state index contributed by atoms with van der Waals surface area (Å²) in [6.45, 7) is 3.53. The zero-order valence-electron chi connectivity index (χ0n) is 15.6. The van der Waals surface area contributed by atoms with E-state index in [4.69, 9.17) is 0 Å². The molecule has 8 nitrogen and oxygen atoms in total. The maximum atomic E-state index is 12.9. The van der Waals surface area contributed by atoms with Crippen LogP contribution >= 0.6 is 0 Å². The lowest BCUT2D eigenvalue weighted by Crippen LogP contribution is -2.33. The number of hydrogen-bond donors (Lipinski definition) is 0. The molecule has 142 valence electrons. The molecule has 1 aromatic heterocycles. The molecule has 3 aromatic rings. The zero-order valence-corrected chi connectivity index (χ0v) is 15.6. The third-order valence-electron chi connectivity index (χ3n) is 4.34. The van der Waals surface area contributed by atoms with E-state index in [-0.39, 0.29) is 17.1 Å². The summed E-state index contributed by atoms with van der Waals surface area (Å²) in [4.78, 5) is 37.4. The molecule has 0 unspecified atom stereocenters. The summed E-state index contributed by atoms with van der Waals surface area (Å²) >= 11 is 0. The quantitative estimate of drug-likeness (QED) is 0.513. The van der Waals surface area contributed by atoms with Crippen molar-refractivity contribution in [1.82, 2.24) is 9.78 Å². The first-order valence-electron chi connectivity index (χ1n) is 8.49. The summed E-state index contributed by atoms with van der Waals surface area (Å²) in [5.74, 6) is -0.596. The molecule has 8 heteroatoms. The SMILES string of the molecule is Cc1ccc(N(C)C(=O)c2nn(-c3ccccc3[N+](=O)[O-])c(C)cc2=O)cc1. The second-order valence-corrected chi connectivity index (χ2v) is 6.36. The second kappa shape index (κ2) is 7.43. The van der Waals surface area contributed by atoms with Gasteiger partial charge in [0.15, 0.2) is 5.69 Å². The number of para-hydroxylation sites is 2. The number of hydrogen-bond acceptors (Lipinski definition) is 5. The van der Waals surface area contributed by atoms with Crippen LogP contribution in [0.4, 0.5) is 11.4 Å². The molecule has 2 aromatic carbocycles. The van der Waals surface area contributed by atoms with E-state index >= 15 is 0 Å². The van der Waals surface area contributed by atoms with Crippen LogP contribution in [-0.2, 0) is 0 Å². The number of carbonyl (C=O) groups is 1. The summed E-state index contributed by atoms with van der Waals surface area (Å²) in [5.41, 5.74) is 1.17. The van der Waals surface area contributed by atoms with E-state index in [0.717, 1.165) is 5.56 Å². The minimum Gasteiger partial charge on any atom is -0.310 e. The number of anilines is 1. The molecule has 0 aliphatic rings. The summed E-state index contributed by atoms with van der Waals surface area (Å²) in [6.07, 6.45) is 0.